The first-order chi connectivity index (χ1) is 14.6. The number of rotatable bonds is 7. The monoisotopic (exact) mass is 400 g/mol. The summed E-state index contributed by atoms with van der Waals surface area (Å²) in [6.45, 7) is -0.418. The first-order valence-corrected chi connectivity index (χ1v) is 9.26. The van der Waals surface area contributed by atoms with Crippen molar-refractivity contribution >= 4 is 11.9 Å². The van der Waals surface area contributed by atoms with Crippen LogP contribution in [0.15, 0.2) is 78.9 Å². The minimum Gasteiger partial charge on any atom is -0.497 e. The van der Waals surface area contributed by atoms with Gasteiger partial charge in [0.05, 0.1) is 30.3 Å². The summed E-state index contributed by atoms with van der Waals surface area (Å²) in [6, 6.07) is 24.5. The number of nitrogens with one attached hydrogen (secondary N) is 1. The summed E-state index contributed by atoms with van der Waals surface area (Å²) >= 11 is 0. The fourth-order valence-electron chi connectivity index (χ4n) is 2.90. The maximum Gasteiger partial charge on any atom is 0.338 e. The average molecular weight is 400 g/mol. The van der Waals surface area contributed by atoms with Crippen molar-refractivity contribution in [3.8, 4) is 11.8 Å². The first kappa shape index (κ1) is 20.6. The average Bonchev–Trinajstić information content (AvgIpc) is 2.81. The maximum atomic E-state index is 12.5. The zero-order valence-corrected chi connectivity index (χ0v) is 16.4. The molecule has 3 rings (SSSR count). The Kier molecular flexibility index (Phi) is 6.80. The van der Waals surface area contributed by atoms with Crippen LogP contribution in [-0.2, 0) is 9.53 Å². The molecule has 0 saturated carbocycles. The molecule has 6 heteroatoms. The molecular formula is C24H20N2O4. The van der Waals surface area contributed by atoms with Gasteiger partial charge in [0.15, 0.2) is 6.61 Å². The molecular weight excluding hydrogens is 380 g/mol. The smallest absolute Gasteiger partial charge is 0.338 e. The number of nitrogens with zero attached hydrogens (tertiary/aromatic N) is 1. The zero-order valence-electron chi connectivity index (χ0n) is 16.4. The maximum absolute atomic E-state index is 12.5. The predicted octanol–water partition coefficient (Wildman–Crippen LogP) is 3.63. The van der Waals surface area contributed by atoms with Crippen LogP contribution in [0.2, 0.25) is 0 Å². The molecule has 3 aromatic rings. The molecule has 150 valence electrons. The Morgan fingerprint density at radius 1 is 0.933 bits per heavy atom. The molecule has 0 spiro atoms. The summed E-state index contributed by atoms with van der Waals surface area (Å²) < 4.78 is 10.3. The molecule has 0 aliphatic rings. The summed E-state index contributed by atoms with van der Waals surface area (Å²) in [5.41, 5.74) is 2.48. The molecule has 0 heterocycles. The first-order valence-electron chi connectivity index (χ1n) is 9.26. The Balaban J connectivity index is 1.68. The van der Waals surface area contributed by atoms with Gasteiger partial charge in [0.1, 0.15) is 5.75 Å². The lowest BCUT2D eigenvalue weighted by atomic mass is 9.98. The largest absolute Gasteiger partial charge is 0.497 e. The van der Waals surface area contributed by atoms with Gasteiger partial charge in [-0.3, -0.25) is 4.79 Å². The Hall–Kier alpha value is -4.11. The Labute approximate surface area is 174 Å². The van der Waals surface area contributed by atoms with Crippen LogP contribution in [0.5, 0.6) is 5.75 Å². The van der Waals surface area contributed by atoms with Crippen LogP contribution < -0.4 is 10.1 Å². The van der Waals surface area contributed by atoms with Crippen LogP contribution in [0.1, 0.15) is 33.1 Å². The number of hydrogen-bond donors (Lipinski definition) is 1. The molecule has 0 aliphatic heterocycles. The highest BCUT2D eigenvalue weighted by Gasteiger charge is 2.18. The van der Waals surface area contributed by atoms with E-state index in [1.54, 1.807) is 7.11 Å². The van der Waals surface area contributed by atoms with Crippen LogP contribution in [0.4, 0.5) is 0 Å². The number of hydrogen-bond acceptors (Lipinski definition) is 5. The lowest BCUT2D eigenvalue weighted by Crippen LogP contribution is -2.33. The molecule has 0 bridgehead atoms. The Morgan fingerprint density at radius 2 is 1.57 bits per heavy atom. The van der Waals surface area contributed by atoms with E-state index in [-0.39, 0.29) is 5.56 Å². The zero-order chi connectivity index (χ0) is 21.3. The van der Waals surface area contributed by atoms with Crippen LogP contribution >= 0.6 is 0 Å². The van der Waals surface area contributed by atoms with Gasteiger partial charge >= 0.3 is 5.97 Å². The van der Waals surface area contributed by atoms with Gasteiger partial charge in [-0.15, -0.1) is 0 Å². The molecule has 0 fully saturated rings. The van der Waals surface area contributed by atoms with E-state index in [0.717, 1.165) is 11.1 Å². The van der Waals surface area contributed by atoms with Crippen molar-refractivity contribution in [1.82, 2.24) is 5.32 Å². The van der Waals surface area contributed by atoms with E-state index < -0.39 is 24.5 Å². The van der Waals surface area contributed by atoms with Crippen LogP contribution in [0.25, 0.3) is 0 Å². The molecule has 1 atom stereocenters. The highest BCUT2D eigenvalue weighted by atomic mass is 16.5. The van der Waals surface area contributed by atoms with E-state index in [0.29, 0.717) is 11.3 Å². The topological polar surface area (TPSA) is 88.4 Å². The van der Waals surface area contributed by atoms with Gasteiger partial charge in [-0.2, -0.15) is 5.26 Å². The van der Waals surface area contributed by atoms with E-state index in [1.165, 1.54) is 24.3 Å². The normalized spacial score (nSPS) is 11.1. The van der Waals surface area contributed by atoms with Crippen molar-refractivity contribution in [2.75, 3.05) is 13.7 Å². The number of carbonyl (C=O) groups is 2. The lowest BCUT2D eigenvalue weighted by molar-refractivity contribution is -0.124. The van der Waals surface area contributed by atoms with E-state index >= 15 is 0 Å². The molecule has 6 nitrogen and oxygen atoms in total. The van der Waals surface area contributed by atoms with E-state index in [2.05, 4.69) is 5.32 Å². The Bertz CT molecular complexity index is 1040. The molecule has 1 N–H and O–H groups in total. The van der Waals surface area contributed by atoms with Crippen molar-refractivity contribution in [1.29, 1.82) is 5.26 Å². The van der Waals surface area contributed by atoms with Gasteiger partial charge in [-0.25, -0.2) is 4.79 Å². The summed E-state index contributed by atoms with van der Waals surface area (Å²) in [5.74, 6) is -0.342. The third-order valence-corrected chi connectivity index (χ3v) is 4.47. The fourth-order valence-corrected chi connectivity index (χ4v) is 2.90. The highest BCUT2D eigenvalue weighted by molar-refractivity contribution is 5.91. The van der Waals surface area contributed by atoms with Gasteiger partial charge in [0, 0.05) is 0 Å². The number of carbonyl (C=O) groups excluding carboxylic acids is 2. The fraction of sp³-hybridized carbons (Fsp3) is 0.125. The predicted molar refractivity (Wildman–Crippen MR) is 111 cm³/mol. The molecule has 30 heavy (non-hydrogen) atoms. The minimum atomic E-state index is -0.629. The second-order valence-electron chi connectivity index (χ2n) is 6.45. The van der Waals surface area contributed by atoms with Gasteiger partial charge in [0.25, 0.3) is 5.91 Å². The van der Waals surface area contributed by atoms with Crippen LogP contribution in [0.3, 0.4) is 0 Å². The number of benzene rings is 3. The summed E-state index contributed by atoms with van der Waals surface area (Å²) in [4.78, 5) is 24.6. The molecule has 3 aromatic carbocycles. The number of nitriles is 1. The molecule has 0 aromatic heterocycles. The van der Waals surface area contributed by atoms with Gasteiger partial charge in [0.2, 0.25) is 0 Å². The van der Waals surface area contributed by atoms with E-state index in [1.807, 2.05) is 60.7 Å². The third-order valence-electron chi connectivity index (χ3n) is 4.47. The molecule has 0 radical (unpaired) electrons. The molecule has 0 saturated heterocycles. The van der Waals surface area contributed by atoms with Gasteiger partial charge in [-0.05, 0) is 47.5 Å². The van der Waals surface area contributed by atoms with E-state index in [9.17, 15) is 9.59 Å². The minimum absolute atomic E-state index is 0.275. The van der Waals surface area contributed by atoms with E-state index in [4.69, 9.17) is 14.7 Å². The van der Waals surface area contributed by atoms with Crippen molar-refractivity contribution in [2.24, 2.45) is 0 Å². The quantitative estimate of drug-likeness (QED) is 0.612. The third kappa shape index (κ3) is 5.24. The second-order valence-corrected chi connectivity index (χ2v) is 6.45. The van der Waals surface area contributed by atoms with Gasteiger partial charge in [-0.1, -0.05) is 42.5 Å². The van der Waals surface area contributed by atoms with Crippen molar-refractivity contribution in [3.05, 3.63) is 101 Å². The van der Waals surface area contributed by atoms with Crippen LogP contribution in [-0.4, -0.2) is 25.6 Å². The van der Waals surface area contributed by atoms with Crippen molar-refractivity contribution < 1.29 is 19.1 Å². The lowest BCUT2D eigenvalue weighted by Gasteiger charge is -2.20. The summed E-state index contributed by atoms with van der Waals surface area (Å²) in [7, 11) is 1.59. The van der Waals surface area contributed by atoms with Crippen LogP contribution in [0, 0.1) is 11.3 Å². The van der Waals surface area contributed by atoms with Crippen molar-refractivity contribution in [3.63, 3.8) is 0 Å². The number of methoxy groups -OCH3 is 1. The number of ether oxygens (including phenoxy) is 2. The summed E-state index contributed by atoms with van der Waals surface area (Å²) in [5, 5.41) is 11.7. The SMILES string of the molecule is COc1ccc([C@@H](NC(=O)COC(=O)c2ccc(C#N)cc2)c2ccccc2)cc1. The molecule has 0 aliphatic carbocycles. The number of esters is 1. The highest BCUT2D eigenvalue weighted by Crippen LogP contribution is 2.24. The van der Waals surface area contributed by atoms with Crippen molar-refractivity contribution in [2.45, 2.75) is 6.04 Å². The Morgan fingerprint density at radius 3 is 2.17 bits per heavy atom. The molecule has 0 unspecified atom stereocenters. The standard InChI is InChI=1S/C24H20N2O4/c1-29-21-13-11-19(12-14-21)23(18-5-3-2-4-6-18)26-22(27)16-30-24(28)20-9-7-17(15-25)8-10-20/h2-14,23H,16H2,1H3,(H,26,27)/t23-/m0/s1. The van der Waals surface area contributed by atoms with Gasteiger partial charge < -0.3 is 14.8 Å². The molecule has 1 amide bonds. The summed E-state index contributed by atoms with van der Waals surface area (Å²) in [6.07, 6.45) is 0. The second kappa shape index (κ2) is 9.89. The number of amides is 1.